The molecule has 5 heteroatoms. The first-order valence-corrected chi connectivity index (χ1v) is 6.37. The number of imidazole rings is 1. The Balaban J connectivity index is 2.17. The summed E-state index contributed by atoms with van der Waals surface area (Å²) in [6.07, 6.45) is 3.43. The van der Waals surface area contributed by atoms with Crippen LogP contribution in [0.5, 0.6) is 0 Å². The molecule has 1 amide bonds. The number of aromatic nitrogens is 2. The minimum Gasteiger partial charge on any atom is -0.347 e. The third kappa shape index (κ3) is 2.79. The van der Waals surface area contributed by atoms with Crippen LogP contribution < -0.4 is 0 Å². The summed E-state index contributed by atoms with van der Waals surface area (Å²) in [5.74, 6) is 0.767. The van der Waals surface area contributed by atoms with E-state index >= 15 is 0 Å². The van der Waals surface area contributed by atoms with E-state index in [1.807, 2.05) is 25.1 Å². The average molecular weight is 308 g/mol. The largest absolute Gasteiger partial charge is 0.347 e. The molecule has 0 radical (unpaired) electrons. The van der Waals surface area contributed by atoms with E-state index in [0.29, 0.717) is 12.1 Å². The number of nitrogens with one attached hydrogen (secondary N) is 1. The molecule has 0 aliphatic heterocycles. The molecular weight excluding hydrogens is 294 g/mol. The number of benzene rings is 1. The Morgan fingerprint density at radius 2 is 2.28 bits per heavy atom. The number of hydrogen-bond acceptors (Lipinski definition) is 2. The summed E-state index contributed by atoms with van der Waals surface area (Å²) >= 11 is 3.39. The minimum absolute atomic E-state index is 0.00907. The van der Waals surface area contributed by atoms with Gasteiger partial charge in [0.25, 0.3) is 5.91 Å². The van der Waals surface area contributed by atoms with Crippen LogP contribution in [0.3, 0.4) is 0 Å². The summed E-state index contributed by atoms with van der Waals surface area (Å²) in [5.41, 5.74) is 1.67. The zero-order valence-electron chi connectivity index (χ0n) is 10.3. The molecule has 0 fully saturated rings. The maximum atomic E-state index is 12.3. The molecule has 2 rings (SSSR count). The quantitative estimate of drug-likeness (QED) is 0.948. The van der Waals surface area contributed by atoms with E-state index in [-0.39, 0.29) is 5.91 Å². The van der Waals surface area contributed by atoms with Crippen molar-refractivity contribution in [2.45, 2.75) is 13.5 Å². The van der Waals surface area contributed by atoms with Crippen LogP contribution in [0.1, 0.15) is 21.7 Å². The predicted octanol–water partition coefficient (Wildman–Crippen LogP) is 2.75. The van der Waals surface area contributed by atoms with Crippen LogP contribution in [-0.4, -0.2) is 27.8 Å². The molecule has 0 atom stereocenters. The van der Waals surface area contributed by atoms with Gasteiger partial charge in [0, 0.05) is 29.5 Å². The van der Waals surface area contributed by atoms with E-state index in [2.05, 4.69) is 25.9 Å². The average Bonchev–Trinajstić information content (AvgIpc) is 2.84. The Morgan fingerprint density at radius 1 is 1.50 bits per heavy atom. The van der Waals surface area contributed by atoms with Gasteiger partial charge in [0.2, 0.25) is 0 Å². The van der Waals surface area contributed by atoms with Crippen molar-refractivity contribution in [3.05, 3.63) is 52.0 Å². The minimum atomic E-state index is -0.00907. The summed E-state index contributed by atoms with van der Waals surface area (Å²) in [7, 11) is 1.77. The van der Waals surface area contributed by atoms with Crippen LogP contribution in [-0.2, 0) is 6.54 Å². The Labute approximate surface area is 114 Å². The summed E-state index contributed by atoms with van der Waals surface area (Å²) in [4.78, 5) is 21.1. The smallest absolute Gasteiger partial charge is 0.254 e. The highest BCUT2D eigenvalue weighted by molar-refractivity contribution is 9.10. The van der Waals surface area contributed by atoms with Gasteiger partial charge in [-0.2, -0.15) is 0 Å². The molecule has 0 bridgehead atoms. The fraction of sp³-hybridized carbons (Fsp3) is 0.231. The number of carbonyl (C=O) groups is 1. The monoisotopic (exact) mass is 307 g/mol. The highest BCUT2D eigenvalue weighted by Gasteiger charge is 2.15. The Morgan fingerprint density at radius 3 is 2.94 bits per heavy atom. The summed E-state index contributed by atoms with van der Waals surface area (Å²) in [6.45, 7) is 2.40. The zero-order chi connectivity index (χ0) is 13.1. The standard InChI is InChI=1S/C13H14BrN3O/c1-9-3-4-10(14)7-11(9)13(18)17(2)8-12-15-5-6-16-12/h3-7H,8H2,1-2H3,(H,15,16). The molecule has 4 nitrogen and oxygen atoms in total. The van der Waals surface area contributed by atoms with E-state index in [0.717, 1.165) is 15.9 Å². The second-order valence-corrected chi connectivity index (χ2v) is 5.07. The van der Waals surface area contributed by atoms with Crippen molar-refractivity contribution in [2.75, 3.05) is 7.05 Å². The van der Waals surface area contributed by atoms with E-state index < -0.39 is 0 Å². The predicted molar refractivity (Wildman–Crippen MR) is 73.3 cm³/mol. The van der Waals surface area contributed by atoms with Crippen molar-refractivity contribution in [1.82, 2.24) is 14.9 Å². The van der Waals surface area contributed by atoms with Gasteiger partial charge in [-0.25, -0.2) is 4.98 Å². The lowest BCUT2D eigenvalue weighted by Gasteiger charge is -2.17. The van der Waals surface area contributed by atoms with E-state index in [1.165, 1.54) is 0 Å². The van der Waals surface area contributed by atoms with Gasteiger partial charge in [-0.3, -0.25) is 4.79 Å². The third-order valence-electron chi connectivity index (χ3n) is 2.72. The number of hydrogen-bond donors (Lipinski definition) is 1. The number of carbonyl (C=O) groups excluding carboxylic acids is 1. The van der Waals surface area contributed by atoms with Gasteiger partial charge in [-0.1, -0.05) is 22.0 Å². The lowest BCUT2D eigenvalue weighted by Crippen LogP contribution is -2.27. The maximum absolute atomic E-state index is 12.3. The SMILES string of the molecule is Cc1ccc(Br)cc1C(=O)N(C)Cc1ncc[nH]1. The number of amides is 1. The summed E-state index contributed by atoms with van der Waals surface area (Å²) in [5, 5.41) is 0. The van der Waals surface area contributed by atoms with Gasteiger partial charge >= 0.3 is 0 Å². The lowest BCUT2D eigenvalue weighted by atomic mass is 10.1. The molecule has 94 valence electrons. The molecule has 0 aliphatic carbocycles. The van der Waals surface area contributed by atoms with E-state index in [4.69, 9.17) is 0 Å². The van der Waals surface area contributed by atoms with Crippen molar-refractivity contribution in [2.24, 2.45) is 0 Å². The van der Waals surface area contributed by atoms with Gasteiger partial charge in [0.1, 0.15) is 5.82 Å². The summed E-state index contributed by atoms with van der Waals surface area (Å²) < 4.78 is 0.905. The van der Waals surface area contributed by atoms with Crippen molar-refractivity contribution in [3.8, 4) is 0 Å². The molecule has 18 heavy (non-hydrogen) atoms. The fourth-order valence-corrected chi connectivity index (χ4v) is 2.07. The van der Waals surface area contributed by atoms with Crippen molar-refractivity contribution in [3.63, 3.8) is 0 Å². The Bertz CT molecular complexity index is 551. The van der Waals surface area contributed by atoms with Gasteiger partial charge in [-0.05, 0) is 24.6 Å². The van der Waals surface area contributed by atoms with Crippen LogP contribution in [0.4, 0.5) is 0 Å². The molecule has 1 aromatic heterocycles. The molecular formula is C13H14BrN3O. The molecule has 1 N–H and O–H groups in total. The van der Waals surface area contributed by atoms with Gasteiger partial charge in [0.15, 0.2) is 0 Å². The van der Waals surface area contributed by atoms with Gasteiger partial charge in [0.05, 0.1) is 6.54 Å². The van der Waals surface area contributed by atoms with Gasteiger partial charge in [-0.15, -0.1) is 0 Å². The second-order valence-electron chi connectivity index (χ2n) is 4.16. The molecule has 0 aliphatic rings. The number of aromatic amines is 1. The second kappa shape index (κ2) is 5.35. The molecule has 0 unspecified atom stereocenters. The first-order valence-electron chi connectivity index (χ1n) is 5.58. The molecule has 2 aromatic rings. The molecule has 1 heterocycles. The van der Waals surface area contributed by atoms with Crippen LogP contribution in [0.2, 0.25) is 0 Å². The Hall–Kier alpha value is -1.62. The fourth-order valence-electron chi connectivity index (χ4n) is 1.71. The van der Waals surface area contributed by atoms with E-state index in [1.54, 1.807) is 24.3 Å². The Kier molecular flexibility index (Phi) is 3.81. The molecule has 0 saturated heterocycles. The highest BCUT2D eigenvalue weighted by atomic mass is 79.9. The topological polar surface area (TPSA) is 49.0 Å². The number of nitrogens with zero attached hydrogens (tertiary/aromatic N) is 2. The van der Waals surface area contributed by atoms with Crippen molar-refractivity contribution >= 4 is 21.8 Å². The van der Waals surface area contributed by atoms with Crippen LogP contribution >= 0.6 is 15.9 Å². The lowest BCUT2D eigenvalue weighted by molar-refractivity contribution is 0.0781. The number of H-pyrrole nitrogens is 1. The molecule has 1 aromatic carbocycles. The molecule has 0 saturated carbocycles. The normalized spacial score (nSPS) is 10.4. The van der Waals surface area contributed by atoms with Crippen LogP contribution in [0.25, 0.3) is 0 Å². The van der Waals surface area contributed by atoms with Gasteiger partial charge < -0.3 is 9.88 Å². The molecule has 0 spiro atoms. The first-order chi connectivity index (χ1) is 8.58. The van der Waals surface area contributed by atoms with Crippen molar-refractivity contribution < 1.29 is 4.79 Å². The number of rotatable bonds is 3. The first kappa shape index (κ1) is 12.8. The van der Waals surface area contributed by atoms with Crippen LogP contribution in [0.15, 0.2) is 35.1 Å². The maximum Gasteiger partial charge on any atom is 0.254 e. The zero-order valence-corrected chi connectivity index (χ0v) is 11.9. The van der Waals surface area contributed by atoms with Crippen molar-refractivity contribution in [1.29, 1.82) is 0 Å². The third-order valence-corrected chi connectivity index (χ3v) is 3.21. The van der Waals surface area contributed by atoms with E-state index in [9.17, 15) is 4.79 Å². The van der Waals surface area contributed by atoms with Crippen LogP contribution in [0, 0.1) is 6.92 Å². The number of halogens is 1. The highest BCUT2D eigenvalue weighted by Crippen LogP contribution is 2.17. The number of aryl methyl sites for hydroxylation is 1. The summed E-state index contributed by atoms with van der Waals surface area (Å²) in [6, 6.07) is 5.70.